The summed E-state index contributed by atoms with van der Waals surface area (Å²) in [4.78, 5) is 17.3. The van der Waals surface area contributed by atoms with Crippen molar-refractivity contribution in [2.45, 2.75) is 6.92 Å². The number of ether oxygens (including phenoxy) is 1. The number of fused-ring (bicyclic) bond motifs is 1. The SMILES string of the molecule is Cc1cc(Br)cc(Br)c1OCC(=O)Nc1ccccc1-c1nc2ccccc2s1. The molecule has 1 N–H and O–H groups in total. The highest BCUT2D eigenvalue weighted by Crippen LogP contribution is 2.35. The van der Waals surface area contributed by atoms with Crippen LogP contribution in [0.1, 0.15) is 5.56 Å². The van der Waals surface area contributed by atoms with E-state index >= 15 is 0 Å². The lowest BCUT2D eigenvalue weighted by Gasteiger charge is -2.13. The number of anilines is 1. The van der Waals surface area contributed by atoms with Crippen molar-refractivity contribution >= 4 is 65.0 Å². The standard InChI is InChI=1S/C22H16Br2N2O2S/c1-13-10-14(23)11-16(24)21(13)28-12-20(27)25-17-7-3-2-6-15(17)22-26-18-8-4-5-9-19(18)29-22/h2-11H,12H2,1H3,(H,25,27). The fourth-order valence-corrected chi connectivity index (χ4v) is 5.52. The van der Waals surface area contributed by atoms with Crippen LogP contribution < -0.4 is 10.1 Å². The summed E-state index contributed by atoms with van der Waals surface area (Å²) in [5.74, 6) is 0.426. The summed E-state index contributed by atoms with van der Waals surface area (Å²) in [6, 6.07) is 19.5. The lowest BCUT2D eigenvalue weighted by atomic mass is 10.2. The van der Waals surface area contributed by atoms with Gasteiger partial charge >= 0.3 is 0 Å². The molecule has 1 aromatic heterocycles. The number of para-hydroxylation sites is 2. The van der Waals surface area contributed by atoms with Gasteiger partial charge < -0.3 is 10.1 Å². The molecule has 1 heterocycles. The number of hydrogen-bond acceptors (Lipinski definition) is 4. The first-order valence-corrected chi connectivity index (χ1v) is 11.2. The maximum absolute atomic E-state index is 12.6. The van der Waals surface area contributed by atoms with Gasteiger partial charge in [-0.15, -0.1) is 11.3 Å². The zero-order valence-corrected chi connectivity index (χ0v) is 19.4. The molecule has 0 atom stereocenters. The van der Waals surface area contributed by atoms with Gasteiger partial charge in [-0.25, -0.2) is 4.98 Å². The number of amides is 1. The topological polar surface area (TPSA) is 51.2 Å². The second-order valence-corrected chi connectivity index (χ2v) is 9.20. The molecule has 4 rings (SSSR count). The number of halogens is 2. The van der Waals surface area contributed by atoms with Gasteiger partial charge in [-0.2, -0.15) is 0 Å². The van der Waals surface area contributed by atoms with Crippen LogP contribution in [0.25, 0.3) is 20.8 Å². The molecule has 0 saturated carbocycles. The van der Waals surface area contributed by atoms with Crippen molar-refractivity contribution in [1.82, 2.24) is 4.98 Å². The molecule has 0 aliphatic rings. The van der Waals surface area contributed by atoms with Gasteiger partial charge in [0.1, 0.15) is 10.8 Å². The van der Waals surface area contributed by atoms with Crippen LogP contribution in [0.3, 0.4) is 0 Å². The van der Waals surface area contributed by atoms with Crippen molar-refractivity contribution in [3.05, 3.63) is 75.2 Å². The second kappa shape index (κ2) is 8.65. The second-order valence-electron chi connectivity index (χ2n) is 6.40. The maximum atomic E-state index is 12.6. The Morgan fingerprint density at radius 1 is 1.10 bits per heavy atom. The van der Waals surface area contributed by atoms with Gasteiger partial charge in [0, 0.05) is 10.0 Å². The molecule has 0 saturated heterocycles. The summed E-state index contributed by atoms with van der Waals surface area (Å²) >= 11 is 8.53. The molecule has 0 fully saturated rings. The predicted molar refractivity (Wildman–Crippen MR) is 126 cm³/mol. The largest absolute Gasteiger partial charge is 0.482 e. The lowest BCUT2D eigenvalue weighted by Crippen LogP contribution is -2.21. The molecule has 4 aromatic rings. The number of rotatable bonds is 5. The summed E-state index contributed by atoms with van der Waals surface area (Å²) in [7, 11) is 0. The third-order valence-corrected chi connectivity index (χ3v) is 6.38. The zero-order valence-electron chi connectivity index (χ0n) is 15.4. The molecule has 4 nitrogen and oxygen atoms in total. The molecular weight excluding hydrogens is 516 g/mol. The Hall–Kier alpha value is -2.22. The summed E-state index contributed by atoms with van der Waals surface area (Å²) < 4.78 is 8.62. The lowest BCUT2D eigenvalue weighted by molar-refractivity contribution is -0.118. The maximum Gasteiger partial charge on any atom is 0.262 e. The fourth-order valence-electron chi connectivity index (χ4n) is 2.96. The summed E-state index contributed by atoms with van der Waals surface area (Å²) in [6.07, 6.45) is 0. The number of carbonyl (C=O) groups is 1. The van der Waals surface area contributed by atoms with E-state index in [1.807, 2.05) is 67.6 Å². The Bertz CT molecular complexity index is 1150. The number of carbonyl (C=O) groups excluding carboxylic acids is 1. The van der Waals surface area contributed by atoms with Crippen LogP contribution in [-0.4, -0.2) is 17.5 Å². The predicted octanol–water partition coefficient (Wildman–Crippen LogP) is 6.81. The van der Waals surface area contributed by atoms with E-state index in [-0.39, 0.29) is 12.5 Å². The number of nitrogens with zero attached hydrogens (tertiary/aromatic N) is 1. The van der Waals surface area contributed by atoms with E-state index in [9.17, 15) is 4.79 Å². The molecular formula is C22H16Br2N2O2S. The average Bonchev–Trinajstić information content (AvgIpc) is 3.11. The van der Waals surface area contributed by atoms with Crippen LogP contribution in [0.15, 0.2) is 69.6 Å². The monoisotopic (exact) mass is 530 g/mol. The first-order chi connectivity index (χ1) is 14.0. The molecule has 29 heavy (non-hydrogen) atoms. The van der Waals surface area contributed by atoms with Gasteiger partial charge in [-0.3, -0.25) is 4.79 Å². The van der Waals surface area contributed by atoms with E-state index in [1.165, 1.54) is 0 Å². The molecule has 0 aliphatic heterocycles. The van der Waals surface area contributed by atoms with Gasteiger partial charge in [0.05, 0.1) is 20.4 Å². The Labute approximate surface area is 189 Å². The highest BCUT2D eigenvalue weighted by Gasteiger charge is 2.14. The van der Waals surface area contributed by atoms with Crippen molar-refractivity contribution in [1.29, 1.82) is 0 Å². The smallest absolute Gasteiger partial charge is 0.262 e. The van der Waals surface area contributed by atoms with Gasteiger partial charge in [0.25, 0.3) is 5.91 Å². The summed E-state index contributed by atoms with van der Waals surface area (Å²) in [6.45, 7) is 1.85. The van der Waals surface area contributed by atoms with E-state index in [1.54, 1.807) is 11.3 Å². The normalized spacial score (nSPS) is 10.9. The van der Waals surface area contributed by atoms with Crippen LogP contribution in [0, 0.1) is 6.92 Å². The molecule has 1 amide bonds. The van der Waals surface area contributed by atoms with Gasteiger partial charge in [-0.1, -0.05) is 40.2 Å². The summed E-state index contributed by atoms with van der Waals surface area (Å²) in [5.41, 5.74) is 3.50. The molecule has 0 aliphatic carbocycles. The van der Waals surface area contributed by atoms with Crippen LogP contribution in [0.4, 0.5) is 5.69 Å². The number of benzene rings is 3. The molecule has 0 spiro atoms. The van der Waals surface area contributed by atoms with Gasteiger partial charge in [0.15, 0.2) is 6.61 Å². The van der Waals surface area contributed by atoms with Crippen LogP contribution >= 0.6 is 43.2 Å². The Balaban J connectivity index is 1.52. The number of aromatic nitrogens is 1. The van der Waals surface area contributed by atoms with Crippen molar-refractivity contribution in [3.63, 3.8) is 0 Å². The van der Waals surface area contributed by atoms with Crippen molar-refractivity contribution in [2.24, 2.45) is 0 Å². The number of thiazole rings is 1. The molecule has 3 aromatic carbocycles. The summed E-state index contributed by atoms with van der Waals surface area (Å²) in [5, 5.41) is 3.82. The van der Waals surface area contributed by atoms with E-state index < -0.39 is 0 Å². The Morgan fingerprint density at radius 2 is 1.86 bits per heavy atom. The van der Waals surface area contributed by atoms with Crippen LogP contribution in [-0.2, 0) is 4.79 Å². The average molecular weight is 532 g/mol. The zero-order chi connectivity index (χ0) is 20.4. The minimum Gasteiger partial charge on any atom is -0.482 e. The third kappa shape index (κ3) is 4.52. The Morgan fingerprint density at radius 3 is 2.66 bits per heavy atom. The number of hydrogen-bond donors (Lipinski definition) is 1. The van der Waals surface area contributed by atoms with Crippen LogP contribution in [0.2, 0.25) is 0 Å². The molecule has 0 radical (unpaired) electrons. The Kier molecular flexibility index (Phi) is 5.99. The first kappa shape index (κ1) is 20.1. The van der Waals surface area contributed by atoms with Crippen molar-refractivity contribution in [2.75, 3.05) is 11.9 Å². The van der Waals surface area contributed by atoms with Crippen molar-refractivity contribution < 1.29 is 9.53 Å². The quantitative estimate of drug-likeness (QED) is 0.307. The number of nitrogens with one attached hydrogen (secondary N) is 1. The van der Waals surface area contributed by atoms with E-state index in [0.29, 0.717) is 11.4 Å². The van der Waals surface area contributed by atoms with E-state index in [2.05, 4.69) is 37.2 Å². The molecule has 0 bridgehead atoms. The molecule has 146 valence electrons. The van der Waals surface area contributed by atoms with Gasteiger partial charge in [-0.05, 0) is 64.8 Å². The fraction of sp³-hybridized carbons (Fsp3) is 0.0909. The van der Waals surface area contributed by atoms with E-state index in [4.69, 9.17) is 9.72 Å². The first-order valence-electron chi connectivity index (χ1n) is 8.84. The minimum absolute atomic E-state index is 0.0880. The van der Waals surface area contributed by atoms with Crippen molar-refractivity contribution in [3.8, 4) is 16.3 Å². The molecule has 7 heteroatoms. The third-order valence-electron chi connectivity index (χ3n) is 4.27. The minimum atomic E-state index is -0.229. The number of aryl methyl sites for hydroxylation is 1. The van der Waals surface area contributed by atoms with E-state index in [0.717, 1.165) is 35.3 Å². The highest BCUT2D eigenvalue weighted by molar-refractivity contribution is 9.11. The highest BCUT2D eigenvalue weighted by atomic mass is 79.9. The molecule has 0 unspecified atom stereocenters. The van der Waals surface area contributed by atoms with Gasteiger partial charge in [0.2, 0.25) is 0 Å². The van der Waals surface area contributed by atoms with Crippen LogP contribution in [0.5, 0.6) is 5.75 Å².